The maximum absolute atomic E-state index is 11.8. The summed E-state index contributed by atoms with van der Waals surface area (Å²) < 4.78 is 22.9. The molecule has 2 saturated carbocycles. The summed E-state index contributed by atoms with van der Waals surface area (Å²) in [5, 5.41) is 29.2. The van der Waals surface area contributed by atoms with E-state index in [9.17, 15) is 20.1 Å². The Bertz CT molecular complexity index is 3180. The molecule has 7 heterocycles. The average Bonchev–Trinajstić information content (AvgIpc) is 4.24. The monoisotopic (exact) mass is 997 g/mol. The van der Waals surface area contributed by atoms with Crippen LogP contribution in [0.1, 0.15) is 75.6 Å². The number of benzene rings is 4. The van der Waals surface area contributed by atoms with E-state index in [0.717, 1.165) is 158 Å². The SMILES string of the molecule is C[C@@H](Oc1cc(-c2ccc(N3CCN(C4COC4)CC3)c(C#N)c2)cc2ncn(C3CC3)c12)[C@H]1CNC(=O)C1.C[C@@H](Oc1cc(-c2ccc(N3CCNCC3)c(C#N)c2)cc2ncn(C3CC3)c12)[C@H]1CNC(=O)C1. The number of carbonyl (C=O) groups excluding carboxylic acids is 2. The second-order valence-electron chi connectivity index (χ2n) is 21.3. The van der Waals surface area contributed by atoms with Gasteiger partial charge in [-0.25, -0.2) is 9.97 Å². The quantitative estimate of drug-likeness (QED) is 0.113. The van der Waals surface area contributed by atoms with Gasteiger partial charge in [-0.05, 0) is 110 Å². The van der Waals surface area contributed by atoms with Gasteiger partial charge in [0.15, 0.2) is 0 Å². The van der Waals surface area contributed by atoms with Crippen LogP contribution in [0.3, 0.4) is 0 Å². The minimum atomic E-state index is -0.118. The average molecular weight is 997 g/mol. The Morgan fingerprint density at radius 3 is 1.49 bits per heavy atom. The van der Waals surface area contributed by atoms with Crippen molar-refractivity contribution in [1.29, 1.82) is 10.5 Å². The molecule has 0 unspecified atom stereocenters. The summed E-state index contributed by atoms with van der Waals surface area (Å²) in [5.41, 5.74) is 11.0. The van der Waals surface area contributed by atoms with E-state index in [2.05, 4.69) is 100 Å². The first-order valence-corrected chi connectivity index (χ1v) is 26.7. The van der Waals surface area contributed by atoms with Gasteiger partial charge in [0.05, 0.1) is 65.4 Å². The molecular weight excluding hydrogens is 933 g/mol. The van der Waals surface area contributed by atoms with E-state index >= 15 is 0 Å². The summed E-state index contributed by atoms with van der Waals surface area (Å²) >= 11 is 0. The second-order valence-corrected chi connectivity index (χ2v) is 21.3. The molecule has 4 aromatic carbocycles. The van der Waals surface area contributed by atoms with Crippen LogP contribution in [0, 0.1) is 34.5 Å². The van der Waals surface area contributed by atoms with Gasteiger partial charge in [0.1, 0.15) is 46.9 Å². The van der Waals surface area contributed by atoms with Crippen molar-refractivity contribution < 1.29 is 23.8 Å². The molecule has 17 heteroatoms. The molecule has 2 aliphatic carbocycles. The van der Waals surface area contributed by atoms with Crippen LogP contribution in [0.2, 0.25) is 0 Å². The number of aromatic nitrogens is 4. The van der Waals surface area contributed by atoms with Crippen LogP contribution in [0.4, 0.5) is 11.4 Å². The zero-order chi connectivity index (χ0) is 50.5. The molecule has 0 radical (unpaired) electrons. The number of imidazole rings is 2. The lowest BCUT2D eigenvalue weighted by Crippen LogP contribution is -2.56. The maximum Gasteiger partial charge on any atom is 0.220 e. The highest BCUT2D eigenvalue weighted by Crippen LogP contribution is 2.44. The predicted octanol–water partition coefficient (Wildman–Crippen LogP) is 6.56. The molecule has 5 saturated heterocycles. The molecule has 17 nitrogen and oxygen atoms in total. The standard InChI is InChI=1S/C30H34N6O3.C27H30N6O2/c1-19(23-13-29(37)32-15-23)39-28-12-21(11-26-30(28)36(18-33-26)24-3-4-24)20-2-5-27(22(10-20)14-31)35-8-6-34(7-9-35)25-16-38-17-25;1-17(21-13-26(34)30-15-21)35-25-12-19(11-23-27(25)33(16-31-23)22-3-4-22)18-2-5-24(20(10-18)14-28)32-8-6-29-7-9-32/h2,5,10-12,18-19,23-25H,3-4,6-9,13,15-17H2,1H3,(H,32,37);2,5,10-12,16-17,21-22,29H,3-4,6-9,13,15H2,1H3,(H,30,34)/t19-,23-;17-,21-/m11/s1. The molecule has 74 heavy (non-hydrogen) atoms. The van der Waals surface area contributed by atoms with Crippen LogP contribution in [0.25, 0.3) is 44.3 Å². The second kappa shape index (κ2) is 20.3. The summed E-state index contributed by atoms with van der Waals surface area (Å²) in [6.45, 7) is 14.5. The summed E-state index contributed by atoms with van der Waals surface area (Å²) in [7, 11) is 0. The highest BCUT2D eigenvalue weighted by atomic mass is 16.5. The molecular formula is C57H64N12O5. The number of nitriles is 2. The summed E-state index contributed by atoms with van der Waals surface area (Å²) in [6.07, 6.45) is 9.20. The van der Waals surface area contributed by atoms with E-state index in [4.69, 9.17) is 24.2 Å². The van der Waals surface area contributed by atoms with Crippen molar-refractivity contribution >= 4 is 45.3 Å². The minimum Gasteiger partial charge on any atom is -0.488 e. The summed E-state index contributed by atoms with van der Waals surface area (Å²) in [5.74, 6) is 2.02. The number of nitrogens with one attached hydrogen (secondary N) is 3. The minimum absolute atomic E-state index is 0.0833. The number of amides is 2. The lowest BCUT2D eigenvalue weighted by molar-refractivity contribution is -0.120. The van der Waals surface area contributed by atoms with Crippen molar-refractivity contribution in [2.75, 3.05) is 88.5 Å². The van der Waals surface area contributed by atoms with Crippen molar-refractivity contribution in [3.8, 4) is 45.9 Å². The fourth-order valence-electron chi connectivity index (χ4n) is 11.4. The van der Waals surface area contributed by atoms with Crippen LogP contribution in [0.5, 0.6) is 11.5 Å². The number of hydrogen-bond donors (Lipinski definition) is 3. The van der Waals surface area contributed by atoms with Crippen molar-refractivity contribution in [1.82, 2.24) is 40.0 Å². The Morgan fingerprint density at radius 2 is 1.08 bits per heavy atom. The number of anilines is 2. The molecule has 382 valence electrons. The topological polar surface area (TPSA) is 191 Å². The highest BCUT2D eigenvalue weighted by Gasteiger charge is 2.34. The maximum atomic E-state index is 11.8. The zero-order valence-corrected chi connectivity index (χ0v) is 42.3. The van der Waals surface area contributed by atoms with Crippen LogP contribution in [0.15, 0.2) is 73.3 Å². The van der Waals surface area contributed by atoms with Crippen molar-refractivity contribution in [3.05, 3.63) is 84.4 Å². The molecule has 3 N–H and O–H groups in total. The molecule has 7 fully saturated rings. The van der Waals surface area contributed by atoms with E-state index in [-0.39, 0.29) is 35.9 Å². The van der Waals surface area contributed by atoms with Gasteiger partial charge >= 0.3 is 0 Å². The molecule has 13 rings (SSSR count). The van der Waals surface area contributed by atoms with Gasteiger partial charge in [0.2, 0.25) is 11.8 Å². The van der Waals surface area contributed by atoms with Gasteiger partial charge in [-0.15, -0.1) is 0 Å². The zero-order valence-electron chi connectivity index (χ0n) is 42.3. The van der Waals surface area contributed by atoms with Gasteiger partial charge in [-0.2, -0.15) is 10.5 Å². The Balaban J connectivity index is 0.000000151. The Labute approximate surface area is 431 Å². The fraction of sp³-hybridized carbons (Fsp3) is 0.474. The Hall–Kier alpha value is -7.18. The summed E-state index contributed by atoms with van der Waals surface area (Å²) in [6, 6.07) is 27.0. The lowest BCUT2D eigenvalue weighted by atomic mass is 10.00. The number of ether oxygens (including phenoxy) is 3. The first-order valence-electron chi connectivity index (χ1n) is 26.7. The fourth-order valence-corrected chi connectivity index (χ4v) is 11.4. The highest BCUT2D eigenvalue weighted by molar-refractivity contribution is 5.90. The van der Waals surface area contributed by atoms with Crippen LogP contribution >= 0.6 is 0 Å². The predicted molar refractivity (Wildman–Crippen MR) is 282 cm³/mol. The molecule has 2 aromatic heterocycles. The molecule has 0 bridgehead atoms. The van der Waals surface area contributed by atoms with Crippen LogP contribution in [-0.4, -0.2) is 133 Å². The van der Waals surface area contributed by atoms with E-state index in [1.807, 2.05) is 38.6 Å². The van der Waals surface area contributed by atoms with Gasteiger partial charge in [-0.3, -0.25) is 14.5 Å². The lowest BCUT2D eigenvalue weighted by Gasteiger charge is -2.43. The number of fused-ring (bicyclic) bond motifs is 2. The summed E-state index contributed by atoms with van der Waals surface area (Å²) in [4.78, 5) is 40.1. The third-order valence-corrected chi connectivity index (χ3v) is 16.3. The van der Waals surface area contributed by atoms with Gasteiger partial charge in [0, 0.05) is 102 Å². The van der Waals surface area contributed by atoms with Crippen molar-refractivity contribution in [3.63, 3.8) is 0 Å². The Kier molecular flexibility index (Phi) is 13.1. The normalized spacial score (nSPS) is 22.1. The number of carbonyl (C=O) groups is 2. The number of hydrogen-bond acceptors (Lipinski definition) is 13. The van der Waals surface area contributed by atoms with E-state index < -0.39 is 0 Å². The number of rotatable bonds is 13. The number of piperazine rings is 2. The van der Waals surface area contributed by atoms with E-state index in [0.29, 0.717) is 55.2 Å². The third-order valence-electron chi connectivity index (χ3n) is 16.3. The van der Waals surface area contributed by atoms with Gasteiger partial charge < -0.3 is 49.1 Å². The van der Waals surface area contributed by atoms with Crippen molar-refractivity contribution in [2.24, 2.45) is 11.8 Å². The smallest absolute Gasteiger partial charge is 0.220 e. The number of nitrogens with zero attached hydrogens (tertiary/aromatic N) is 9. The van der Waals surface area contributed by atoms with E-state index in [1.165, 1.54) is 0 Å². The Morgan fingerprint density at radius 1 is 0.608 bits per heavy atom. The van der Waals surface area contributed by atoms with Crippen molar-refractivity contribution in [2.45, 2.75) is 82.7 Å². The molecule has 7 aliphatic rings. The van der Waals surface area contributed by atoms with Crippen LogP contribution < -0.4 is 35.2 Å². The molecule has 2 amide bonds. The molecule has 5 aliphatic heterocycles. The first-order chi connectivity index (χ1) is 36.2. The van der Waals surface area contributed by atoms with Gasteiger partial charge in [0.25, 0.3) is 0 Å². The van der Waals surface area contributed by atoms with E-state index in [1.54, 1.807) is 0 Å². The first kappa shape index (κ1) is 47.8. The van der Waals surface area contributed by atoms with Gasteiger partial charge in [-0.1, -0.05) is 12.1 Å². The van der Waals surface area contributed by atoms with Crippen LogP contribution in [-0.2, 0) is 14.3 Å². The molecule has 4 atom stereocenters. The third kappa shape index (κ3) is 9.72. The molecule has 6 aromatic rings. The largest absolute Gasteiger partial charge is 0.488 e. The molecule has 0 spiro atoms.